The van der Waals surface area contributed by atoms with Crippen molar-refractivity contribution >= 4 is 11.3 Å². The topological polar surface area (TPSA) is 60.0 Å². The number of nitrogens with zero attached hydrogens (tertiary/aromatic N) is 5. The van der Waals surface area contributed by atoms with Crippen molar-refractivity contribution in [1.29, 1.82) is 0 Å². The number of rotatable bonds is 5. The van der Waals surface area contributed by atoms with E-state index in [0.717, 1.165) is 17.0 Å². The molecule has 0 saturated carbocycles. The van der Waals surface area contributed by atoms with Gasteiger partial charge in [0.15, 0.2) is 0 Å². The van der Waals surface area contributed by atoms with Crippen molar-refractivity contribution in [1.82, 2.24) is 24.1 Å². The molecule has 0 atom stereocenters. The van der Waals surface area contributed by atoms with Crippen LogP contribution in [0.15, 0.2) is 61.4 Å². The molecule has 4 aromatic rings. The Bertz CT molecular complexity index is 955. The molecule has 0 amide bonds. The van der Waals surface area contributed by atoms with Crippen LogP contribution >= 0.6 is 0 Å². The Hall–Kier alpha value is -3.15. The SMILES string of the molecule is Cc1ccn2c(CNc3ccccc3Cn3cncn3)cnc2c1. The summed E-state index contributed by atoms with van der Waals surface area (Å²) in [6.45, 7) is 3.47. The number of imidazole rings is 1. The van der Waals surface area contributed by atoms with Crippen molar-refractivity contribution in [3.8, 4) is 0 Å². The molecule has 1 N–H and O–H groups in total. The second kappa shape index (κ2) is 6.16. The maximum absolute atomic E-state index is 4.48. The van der Waals surface area contributed by atoms with Crippen LogP contribution in [0.2, 0.25) is 0 Å². The van der Waals surface area contributed by atoms with E-state index in [2.05, 4.69) is 62.2 Å². The van der Waals surface area contributed by atoms with Crippen LogP contribution in [0.1, 0.15) is 16.8 Å². The zero-order valence-corrected chi connectivity index (χ0v) is 13.4. The number of fused-ring (bicyclic) bond motifs is 1. The fourth-order valence-corrected chi connectivity index (χ4v) is 2.77. The number of hydrogen-bond acceptors (Lipinski definition) is 4. The lowest BCUT2D eigenvalue weighted by Gasteiger charge is -2.12. The van der Waals surface area contributed by atoms with Crippen molar-refractivity contribution in [2.24, 2.45) is 0 Å². The monoisotopic (exact) mass is 318 g/mol. The predicted octanol–water partition coefficient (Wildman–Crippen LogP) is 2.89. The first-order valence-electron chi connectivity index (χ1n) is 7.86. The molecule has 0 unspecified atom stereocenters. The Balaban J connectivity index is 1.55. The molecule has 4 rings (SSSR count). The van der Waals surface area contributed by atoms with E-state index in [-0.39, 0.29) is 0 Å². The molecule has 3 heterocycles. The summed E-state index contributed by atoms with van der Waals surface area (Å²) in [5.41, 5.74) is 5.58. The Labute approximate surface area is 139 Å². The number of para-hydroxylation sites is 1. The number of anilines is 1. The van der Waals surface area contributed by atoms with E-state index in [1.165, 1.54) is 11.1 Å². The Kier molecular flexibility index (Phi) is 3.70. The molecule has 0 aliphatic heterocycles. The molecule has 3 aromatic heterocycles. The van der Waals surface area contributed by atoms with Crippen LogP contribution in [0.5, 0.6) is 0 Å². The van der Waals surface area contributed by atoms with Gasteiger partial charge in [-0.1, -0.05) is 18.2 Å². The third-order valence-electron chi connectivity index (χ3n) is 4.02. The first kappa shape index (κ1) is 14.4. The molecule has 0 bridgehead atoms. The summed E-state index contributed by atoms with van der Waals surface area (Å²) in [7, 11) is 0. The van der Waals surface area contributed by atoms with Crippen LogP contribution in [0, 0.1) is 6.92 Å². The van der Waals surface area contributed by atoms with Gasteiger partial charge in [0.2, 0.25) is 0 Å². The third kappa shape index (κ3) is 2.86. The van der Waals surface area contributed by atoms with Gasteiger partial charge in [0.05, 0.1) is 25.0 Å². The van der Waals surface area contributed by atoms with Gasteiger partial charge in [-0.25, -0.2) is 14.6 Å². The summed E-state index contributed by atoms with van der Waals surface area (Å²) in [5.74, 6) is 0. The van der Waals surface area contributed by atoms with Gasteiger partial charge >= 0.3 is 0 Å². The molecule has 6 heteroatoms. The van der Waals surface area contributed by atoms with Crippen molar-refractivity contribution < 1.29 is 0 Å². The zero-order chi connectivity index (χ0) is 16.4. The number of aromatic nitrogens is 5. The molecule has 120 valence electrons. The number of pyridine rings is 1. The van der Waals surface area contributed by atoms with Crippen molar-refractivity contribution in [2.75, 3.05) is 5.32 Å². The molecule has 0 fully saturated rings. The number of nitrogens with one attached hydrogen (secondary N) is 1. The van der Waals surface area contributed by atoms with Crippen LogP contribution in [-0.2, 0) is 13.1 Å². The van der Waals surface area contributed by atoms with Gasteiger partial charge in [-0.05, 0) is 36.2 Å². The van der Waals surface area contributed by atoms with Gasteiger partial charge in [0, 0.05) is 11.9 Å². The van der Waals surface area contributed by atoms with Gasteiger partial charge in [-0.15, -0.1) is 0 Å². The lowest BCUT2D eigenvalue weighted by atomic mass is 10.1. The Morgan fingerprint density at radius 3 is 2.96 bits per heavy atom. The smallest absolute Gasteiger partial charge is 0.137 e. The van der Waals surface area contributed by atoms with Gasteiger partial charge in [-0.2, -0.15) is 5.10 Å². The molecule has 0 aliphatic rings. The lowest BCUT2D eigenvalue weighted by molar-refractivity contribution is 0.685. The maximum atomic E-state index is 4.48. The molecule has 0 aliphatic carbocycles. The summed E-state index contributed by atoms with van der Waals surface area (Å²) in [4.78, 5) is 8.47. The zero-order valence-electron chi connectivity index (χ0n) is 13.4. The van der Waals surface area contributed by atoms with Crippen LogP contribution < -0.4 is 5.32 Å². The highest BCUT2D eigenvalue weighted by molar-refractivity contribution is 5.52. The number of aryl methyl sites for hydroxylation is 1. The quantitative estimate of drug-likeness (QED) is 0.615. The average molecular weight is 318 g/mol. The van der Waals surface area contributed by atoms with Gasteiger partial charge in [0.1, 0.15) is 18.3 Å². The van der Waals surface area contributed by atoms with Crippen molar-refractivity contribution in [3.05, 3.63) is 78.3 Å². The first-order valence-corrected chi connectivity index (χ1v) is 7.86. The minimum Gasteiger partial charge on any atom is -0.379 e. The largest absolute Gasteiger partial charge is 0.379 e. The highest BCUT2D eigenvalue weighted by Crippen LogP contribution is 2.18. The van der Waals surface area contributed by atoms with Crippen LogP contribution in [0.25, 0.3) is 5.65 Å². The van der Waals surface area contributed by atoms with Crippen LogP contribution in [0.4, 0.5) is 5.69 Å². The van der Waals surface area contributed by atoms with E-state index in [1.54, 1.807) is 12.7 Å². The highest BCUT2D eigenvalue weighted by Gasteiger charge is 2.06. The predicted molar refractivity (Wildman–Crippen MR) is 92.8 cm³/mol. The molecule has 0 saturated heterocycles. The van der Waals surface area contributed by atoms with E-state index in [4.69, 9.17) is 0 Å². The Morgan fingerprint density at radius 2 is 2.08 bits per heavy atom. The third-order valence-corrected chi connectivity index (χ3v) is 4.02. The highest BCUT2D eigenvalue weighted by atomic mass is 15.3. The molecule has 0 radical (unpaired) electrons. The molecular weight excluding hydrogens is 300 g/mol. The molecular formula is C18H18N6. The van der Waals surface area contributed by atoms with E-state index < -0.39 is 0 Å². The number of benzene rings is 1. The molecule has 0 spiro atoms. The second-order valence-electron chi connectivity index (χ2n) is 5.79. The summed E-state index contributed by atoms with van der Waals surface area (Å²) >= 11 is 0. The maximum Gasteiger partial charge on any atom is 0.137 e. The normalized spacial score (nSPS) is 11.0. The van der Waals surface area contributed by atoms with Crippen molar-refractivity contribution in [2.45, 2.75) is 20.0 Å². The lowest BCUT2D eigenvalue weighted by Crippen LogP contribution is -2.07. The number of hydrogen-bond donors (Lipinski definition) is 1. The van der Waals surface area contributed by atoms with Crippen LogP contribution in [0.3, 0.4) is 0 Å². The fourth-order valence-electron chi connectivity index (χ4n) is 2.77. The average Bonchev–Trinajstić information content (AvgIpc) is 3.23. The standard InChI is InChI=1S/C18H18N6/c1-14-6-7-24-16(10-21-18(24)8-14)9-20-17-5-3-2-4-15(17)11-23-13-19-12-22-23/h2-8,10,12-13,20H,9,11H2,1H3. The molecule has 24 heavy (non-hydrogen) atoms. The van der Waals surface area contributed by atoms with Gasteiger partial charge < -0.3 is 9.72 Å². The molecule has 1 aromatic carbocycles. The van der Waals surface area contributed by atoms with Gasteiger partial charge in [-0.3, -0.25) is 0 Å². The minimum atomic E-state index is 0.690. The summed E-state index contributed by atoms with van der Waals surface area (Å²) in [5, 5.41) is 7.69. The van der Waals surface area contributed by atoms with E-state index in [0.29, 0.717) is 13.1 Å². The van der Waals surface area contributed by atoms with Gasteiger partial charge in [0.25, 0.3) is 0 Å². The summed E-state index contributed by atoms with van der Waals surface area (Å²) < 4.78 is 3.93. The van der Waals surface area contributed by atoms with E-state index in [1.807, 2.05) is 23.0 Å². The first-order chi connectivity index (χ1) is 11.8. The fraction of sp³-hybridized carbons (Fsp3) is 0.167. The van der Waals surface area contributed by atoms with E-state index >= 15 is 0 Å². The minimum absolute atomic E-state index is 0.690. The van der Waals surface area contributed by atoms with E-state index in [9.17, 15) is 0 Å². The summed E-state index contributed by atoms with van der Waals surface area (Å²) in [6, 6.07) is 12.4. The van der Waals surface area contributed by atoms with Crippen LogP contribution in [-0.4, -0.2) is 24.1 Å². The second-order valence-corrected chi connectivity index (χ2v) is 5.79. The Morgan fingerprint density at radius 1 is 1.17 bits per heavy atom. The molecule has 6 nitrogen and oxygen atoms in total. The van der Waals surface area contributed by atoms with Crippen molar-refractivity contribution in [3.63, 3.8) is 0 Å². The summed E-state index contributed by atoms with van der Waals surface area (Å²) in [6.07, 6.45) is 7.26.